The minimum absolute atomic E-state index is 0.0701. The van der Waals surface area contributed by atoms with Gasteiger partial charge in [0, 0.05) is 6.61 Å². The van der Waals surface area contributed by atoms with E-state index in [2.05, 4.69) is 4.98 Å². The molecule has 112 valence electrons. The number of ether oxygens (including phenoxy) is 1. The van der Waals surface area contributed by atoms with Gasteiger partial charge in [0.05, 0.1) is 29.4 Å². The van der Waals surface area contributed by atoms with Crippen LogP contribution in [0.15, 0.2) is 23.4 Å². The topological polar surface area (TPSA) is 64.3 Å². The average molecular weight is 310 g/mol. The van der Waals surface area contributed by atoms with Crippen molar-refractivity contribution in [3.05, 3.63) is 24.0 Å². The van der Waals surface area contributed by atoms with Crippen molar-refractivity contribution in [1.82, 2.24) is 9.55 Å². The van der Waals surface area contributed by atoms with Crippen molar-refractivity contribution in [2.45, 2.75) is 24.0 Å². The molecule has 1 aliphatic heterocycles. The zero-order valence-electron chi connectivity index (χ0n) is 11.3. The number of carbonyl (C=O) groups is 1. The van der Waals surface area contributed by atoms with Gasteiger partial charge in [0.1, 0.15) is 5.82 Å². The largest absolute Gasteiger partial charge is 0.481 e. The third kappa shape index (κ3) is 3.03. The van der Waals surface area contributed by atoms with Crippen LogP contribution < -0.4 is 0 Å². The van der Waals surface area contributed by atoms with Crippen LogP contribution in [0.2, 0.25) is 0 Å². The Labute approximate surface area is 125 Å². The summed E-state index contributed by atoms with van der Waals surface area (Å²) in [5.41, 5.74) is 1.37. The first-order valence-corrected chi connectivity index (χ1v) is 7.73. The Kier molecular flexibility index (Phi) is 4.12. The number of aliphatic carboxylic acids is 1. The van der Waals surface area contributed by atoms with Crippen LogP contribution in [-0.2, 0) is 9.53 Å². The number of hydrogen-bond donors (Lipinski definition) is 1. The van der Waals surface area contributed by atoms with Crippen molar-refractivity contribution in [2.75, 3.05) is 19.0 Å². The van der Waals surface area contributed by atoms with Gasteiger partial charge in [-0.25, -0.2) is 9.37 Å². The molecule has 1 atom stereocenters. The van der Waals surface area contributed by atoms with Gasteiger partial charge >= 0.3 is 5.97 Å². The van der Waals surface area contributed by atoms with Crippen molar-refractivity contribution in [3.63, 3.8) is 0 Å². The van der Waals surface area contributed by atoms with E-state index >= 15 is 0 Å². The van der Waals surface area contributed by atoms with Gasteiger partial charge in [-0.1, -0.05) is 11.8 Å². The number of nitrogens with zero attached hydrogens (tertiary/aromatic N) is 2. The molecule has 2 heterocycles. The predicted octanol–water partition coefficient (Wildman–Crippen LogP) is 2.70. The monoisotopic (exact) mass is 310 g/mol. The molecule has 0 spiro atoms. The highest BCUT2D eigenvalue weighted by Crippen LogP contribution is 2.31. The van der Waals surface area contributed by atoms with E-state index in [0.717, 1.165) is 31.2 Å². The standard InChI is InChI=1S/C14H15FN2O3S/c15-9-3-4-11-12(6-9)17(10-2-1-5-20-7-10)14(16-11)21-8-13(18)19/h3-4,6,10H,1-2,5,7-8H2,(H,18,19). The minimum atomic E-state index is -0.898. The Bertz CT molecular complexity index is 668. The number of fused-ring (bicyclic) bond motifs is 1. The summed E-state index contributed by atoms with van der Waals surface area (Å²) < 4.78 is 21.0. The fourth-order valence-electron chi connectivity index (χ4n) is 2.55. The van der Waals surface area contributed by atoms with Crippen molar-refractivity contribution in [2.24, 2.45) is 0 Å². The Hall–Kier alpha value is -1.60. The Balaban J connectivity index is 2.04. The first-order valence-electron chi connectivity index (χ1n) is 6.75. The number of thioether (sulfide) groups is 1. The molecule has 0 amide bonds. The van der Waals surface area contributed by atoms with Crippen molar-refractivity contribution in [1.29, 1.82) is 0 Å². The van der Waals surface area contributed by atoms with Gasteiger partial charge < -0.3 is 14.4 Å². The van der Waals surface area contributed by atoms with Gasteiger partial charge in [0.15, 0.2) is 5.16 Å². The van der Waals surface area contributed by atoms with Crippen LogP contribution in [0.4, 0.5) is 4.39 Å². The average Bonchev–Trinajstić information content (AvgIpc) is 2.83. The van der Waals surface area contributed by atoms with Crippen molar-refractivity contribution >= 4 is 28.8 Å². The van der Waals surface area contributed by atoms with Crippen LogP contribution in [0.5, 0.6) is 0 Å². The lowest BCUT2D eigenvalue weighted by atomic mass is 10.1. The van der Waals surface area contributed by atoms with Gasteiger partial charge in [0.25, 0.3) is 0 Å². The molecule has 1 N–H and O–H groups in total. The molecule has 1 fully saturated rings. The second kappa shape index (κ2) is 6.03. The molecule has 3 rings (SSSR count). The minimum Gasteiger partial charge on any atom is -0.481 e. The lowest BCUT2D eigenvalue weighted by Crippen LogP contribution is -2.22. The van der Waals surface area contributed by atoms with Crippen LogP contribution in [0.3, 0.4) is 0 Å². The summed E-state index contributed by atoms with van der Waals surface area (Å²) in [6.07, 6.45) is 1.85. The molecule has 0 radical (unpaired) electrons. The van der Waals surface area contributed by atoms with Crippen LogP contribution in [0.1, 0.15) is 18.9 Å². The van der Waals surface area contributed by atoms with E-state index in [-0.39, 0.29) is 17.6 Å². The van der Waals surface area contributed by atoms with Gasteiger partial charge in [-0.15, -0.1) is 0 Å². The third-order valence-corrected chi connectivity index (χ3v) is 4.38. The second-order valence-electron chi connectivity index (χ2n) is 4.95. The molecule has 1 aliphatic rings. The molecule has 0 aliphatic carbocycles. The van der Waals surface area contributed by atoms with Crippen LogP contribution in [-0.4, -0.2) is 39.6 Å². The van der Waals surface area contributed by atoms with Gasteiger partial charge in [0.2, 0.25) is 0 Å². The highest BCUT2D eigenvalue weighted by Gasteiger charge is 2.22. The molecule has 0 saturated carbocycles. The molecular weight excluding hydrogens is 295 g/mol. The number of carboxylic acid groups (broad SMARTS) is 1. The predicted molar refractivity (Wildman–Crippen MR) is 77.1 cm³/mol. The molecule has 1 unspecified atom stereocenters. The van der Waals surface area contributed by atoms with E-state index in [4.69, 9.17) is 9.84 Å². The van der Waals surface area contributed by atoms with E-state index in [1.54, 1.807) is 6.07 Å². The highest BCUT2D eigenvalue weighted by atomic mass is 32.2. The first-order chi connectivity index (χ1) is 10.1. The number of carboxylic acids is 1. The molecule has 2 aromatic rings. The highest BCUT2D eigenvalue weighted by molar-refractivity contribution is 7.99. The lowest BCUT2D eigenvalue weighted by molar-refractivity contribution is -0.133. The third-order valence-electron chi connectivity index (χ3n) is 3.45. The maximum absolute atomic E-state index is 13.5. The number of aromatic nitrogens is 2. The Morgan fingerprint density at radius 3 is 3.14 bits per heavy atom. The number of rotatable bonds is 4. The molecule has 0 bridgehead atoms. The number of halogens is 1. The second-order valence-corrected chi connectivity index (χ2v) is 5.89. The van der Waals surface area contributed by atoms with Crippen molar-refractivity contribution in [3.8, 4) is 0 Å². The fourth-order valence-corrected chi connectivity index (χ4v) is 3.35. The van der Waals surface area contributed by atoms with Crippen molar-refractivity contribution < 1.29 is 19.0 Å². The zero-order valence-corrected chi connectivity index (χ0v) is 12.1. The number of imidazole rings is 1. The summed E-state index contributed by atoms with van der Waals surface area (Å²) in [6, 6.07) is 4.50. The summed E-state index contributed by atoms with van der Waals surface area (Å²) >= 11 is 1.15. The molecule has 1 aromatic heterocycles. The van der Waals surface area contributed by atoms with Crippen LogP contribution in [0, 0.1) is 5.82 Å². The first kappa shape index (κ1) is 14.3. The molecule has 7 heteroatoms. The fraction of sp³-hybridized carbons (Fsp3) is 0.429. The summed E-state index contributed by atoms with van der Waals surface area (Å²) in [5.74, 6) is -1.29. The normalized spacial score (nSPS) is 19.0. The molecule has 21 heavy (non-hydrogen) atoms. The Morgan fingerprint density at radius 2 is 2.43 bits per heavy atom. The van der Waals surface area contributed by atoms with Crippen LogP contribution in [0.25, 0.3) is 11.0 Å². The van der Waals surface area contributed by atoms with E-state index in [9.17, 15) is 9.18 Å². The molecule has 1 saturated heterocycles. The quantitative estimate of drug-likeness (QED) is 0.880. The van der Waals surface area contributed by atoms with Crippen LogP contribution >= 0.6 is 11.8 Å². The van der Waals surface area contributed by atoms with Gasteiger partial charge in [-0.05, 0) is 31.0 Å². The number of hydrogen-bond acceptors (Lipinski definition) is 4. The smallest absolute Gasteiger partial charge is 0.313 e. The maximum atomic E-state index is 13.5. The summed E-state index contributed by atoms with van der Waals surface area (Å²) in [6.45, 7) is 1.28. The van der Waals surface area contributed by atoms with E-state index in [1.807, 2.05) is 4.57 Å². The molecule has 5 nitrogen and oxygen atoms in total. The van der Waals surface area contributed by atoms with E-state index < -0.39 is 5.97 Å². The zero-order chi connectivity index (χ0) is 14.8. The summed E-state index contributed by atoms with van der Waals surface area (Å²) in [4.78, 5) is 15.2. The van der Waals surface area contributed by atoms with E-state index in [1.165, 1.54) is 12.1 Å². The van der Waals surface area contributed by atoms with Gasteiger partial charge in [-0.3, -0.25) is 4.79 Å². The lowest BCUT2D eigenvalue weighted by Gasteiger charge is -2.25. The number of benzene rings is 1. The maximum Gasteiger partial charge on any atom is 0.313 e. The molecule has 1 aromatic carbocycles. The van der Waals surface area contributed by atoms with Gasteiger partial charge in [-0.2, -0.15) is 0 Å². The summed E-state index contributed by atoms with van der Waals surface area (Å²) in [7, 11) is 0. The van der Waals surface area contributed by atoms with E-state index in [0.29, 0.717) is 22.8 Å². The molecular formula is C14H15FN2O3S. The SMILES string of the molecule is O=C(O)CSc1nc2ccc(F)cc2n1C1CCCOC1. The summed E-state index contributed by atoms with van der Waals surface area (Å²) in [5, 5.41) is 9.46. The Morgan fingerprint density at radius 1 is 1.57 bits per heavy atom.